The standard InChI is InChI=1S/C53H105NO5/c1-3-5-7-9-11-13-15-17-19-21-23-25-26-27-29-31-33-35-37-39-41-43-45-47-51(57)53(59)54-49(48-55)52(58)50(56)46-44-42-40-38-36-34-32-30-28-24-22-20-18-16-14-12-10-8-6-4-2/h27,29,49-52,55-58H,3-26,28,30-48H2,1-2H3,(H,54,59)/b29-27-. The maximum absolute atomic E-state index is 12.6. The lowest BCUT2D eigenvalue weighted by atomic mass is 9.99. The van der Waals surface area contributed by atoms with E-state index in [4.69, 9.17) is 0 Å². The Morgan fingerprint density at radius 3 is 0.983 bits per heavy atom. The van der Waals surface area contributed by atoms with Crippen molar-refractivity contribution in [3.05, 3.63) is 12.2 Å². The molecule has 6 nitrogen and oxygen atoms in total. The highest BCUT2D eigenvalue weighted by molar-refractivity contribution is 5.80. The Morgan fingerprint density at radius 2 is 0.678 bits per heavy atom. The van der Waals surface area contributed by atoms with Crippen LogP contribution in [0, 0.1) is 0 Å². The zero-order chi connectivity index (χ0) is 43.1. The second kappa shape index (κ2) is 48.1. The molecule has 59 heavy (non-hydrogen) atoms. The molecule has 0 aromatic heterocycles. The van der Waals surface area contributed by atoms with Gasteiger partial charge in [-0.3, -0.25) is 4.79 Å². The van der Waals surface area contributed by atoms with Gasteiger partial charge in [-0.15, -0.1) is 0 Å². The number of carbonyl (C=O) groups is 1. The lowest BCUT2D eigenvalue weighted by molar-refractivity contribution is -0.132. The number of hydrogen-bond acceptors (Lipinski definition) is 5. The van der Waals surface area contributed by atoms with Gasteiger partial charge in [0.2, 0.25) is 5.91 Å². The minimum atomic E-state index is -1.26. The molecular weight excluding hydrogens is 731 g/mol. The van der Waals surface area contributed by atoms with Crippen molar-refractivity contribution < 1.29 is 25.2 Å². The van der Waals surface area contributed by atoms with E-state index in [9.17, 15) is 25.2 Å². The fraction of sp³-hybridized carbons (Fsp3) is 0.943. The Morgan fingerprint density at radius 1 is 0.407 bits per heavy atom. The third-order valence-corrected chi connectivity index (χ3v) is 12.7. The summed E-state index contributed by atoms with van der Waals surface area (Å²) in [6.07, 6.45) is 55.5. The highest BCUT2D eigenvalue weighted by atomic mass is 16.3. The highest BCUT2D eigenvalue weighted by Gasteiger charge is 2.28. The molecule has 0 aliphatic heterocycles. The zero-order valence-corrected chi connectivity index (χ0v) is 39.8. The molecule has 0 aromatic carbocycles. The smallest absolute Gasteiger partial charge is 0.249 e. The molecule has 0 aliphatic rings. The molecule has 0 aliphatic carbocycles. The lowest BCUT2D eigenvalue weighted by Crippen LogP contribution is -2.53. The monoisotopic (exact) mass is 836 g/mol. The van der Waals surface area contributed by atoms with Gasteiger partial charge in [0.25, 0.3) is 0 Å². The van der Waals surface area contributed by atoms with Gasteiger partial charge >= 0.3 is 0 Å². The van der Waals surface area contributed by atoms with Gasteiger partial charge in [-0.1, -0.05) is 264 Å². The molecule has 0 heterocycles. The number of aliphatic hydroxyl groups is 4. The van der Waals surface area contributed by atoms with E-state index in [1.165, 1.54) is 225 Å². The van der Waals surface area contributed by atoms with Crippen molar-refractivity contribution >= 4 is 5.91 Å². The van der Waals surface area contributed by atoms with Gasteiger partial charge in [-0.05, 0) is 38.5 Å². The number of unbranched alkanes of at least 4 members (excludes halogenated alkanes) is 38. The van der Waals surface area contributed by atoms with Crippen molar-refractivity contribution in [2.24, 2.45) is 0 Å². The van der Waals surface area contributed by atoms with Crippen LogP contribution in [0.25, 0.3) is 0 Å². The fourth-order valence-electron chi connectivity index (χ4n) is 8.52. The van der Waals surface area contributed by atoms with Crippen LogP contribution in [-0.4, -0.2) is 57.3 Å². The summed E-state index contributed by atoms with van der Waals surface area (Å²) in [4.78, 5) is 12.6. The summed E-state index contributed by atoms with van der Waals surface area (Å²) in [6, 6.07) is -0.985. The van der Waals surface area contributed by atoms with Crippen LogP contribution < -0.4 is 5.32 Å². The molecule has 0 rings (SSSR count). The molecule has 5 N–H and O–H groups in total. The molecule has 0 radical (unpaired) electrons. The maximum Gasteiger partial charge on any atom is 0.249 e. The Kier molecular flexibility index (Phi) is 47.3. The largest absolute Gasteiger partial charge is 0.394 e. The van der Waals surface area contributed by atoms with E-state index in [-0.39, 0.29) is 0 Å². The van der Waals surface area contributed by atoms with E-state index in [0.717, 1.165) is 38.5 Å². The summed E-state index contributed by atoms with van der Waals surface area (Å²) in [5.74, 6) is -0.582. The first-order chi connectivity index (χ1) is 29.0. The lowest BCUT2D eigenvalue weighted by Gasteiger charge is -2.27. The van der Waals surface area contributed by atoms with E-state index >= 15 is 0 Å². The number of carbonyl (C=O) groups excluding carboxylic acids is 1. The first-order valence-corrected chi connectivity index (χ1v) is 26.6. The van der Waals surface area contributed by atoms with Gasteiger partial charge in [0.1, 0.15) is 12.2 Å². The minimum Gasteiger partial charge on any atom is -0.394 e. The van der Waals surface area contributed by atoms with Crippen LogP contribution in [0.3, 0.4) is 0 Å². The van der Waals surface area contributed by atoms with Crippen LogP contribution in [-0.2, 0) is 4.79 Å². The highest BCUT2D eigenvalue weighted by Crippen LogP contribution is 2.18. The summed E-state index contributed by atoms with van der Waals surface area (Å²) < 4.78 is 0. The average Bonchev–Trinajstić information content (AvgIpc) is 3.24. The van der Waals surface area contributed by atoms with Crippen molar-refractivity contribution in [3.8, 4) is 0 Å². The van der Waals surface area contributed by atoms with Crippen LogP contribution in [0.2, 0.25) is 0 Å². The molecular formula is C53H105NO5. The normalized spacial score (nSPS) is 13.9. The van der Waals surface area contributed by atoms with Gasteiger partial charge in [-0.25, -0.2) is 0 Å². The molecule has 4 unspecified atom stereocenters. The van der Waals surface area contributed by atoms with Crippen LogP contribution in [0.15, 0.2) is 12.2 Å². The molecule has 0 fully saturated rings. The van der Waals surface area contributed by atoms with E-state index < -0.39 is 36.9 Å². The minimum absolute atomic E-state index is 0.367. The summed E-state index contributed by atoms with van der Waals surface area (Å²) in [6.45, 7) is 4.09. The summed E-state index contributed by atoms with van der Waals surface area (Å²) >= 11 is 0. The second-order valence-corrected chi connectivity index (χ2v) is 18.6. The predicted molar refractivity (Wildman–Crippen MR) is 256 cm³/mol. The third kappa shape index (κ3) is 42.1. The Labute approximate surface area is 368 Å². The molecule has 0 aromatic rings. The predicted octanol–water partition coefficient (Wildman–Crippen LogP) is 14.9. The molecule has 352 valence electrons. The molecule has 0 bridgehead atoms. The molecule has 4 atom stereocenters. The SMILES string of the molecule is CCCCCCCCCCCCCC/C=C\CCCCCCCCCC(O)C(=O)NC(CO)C(O)C(O)CCCCCCCCCCCCCCCCCCCCCC. The summed E-state index contributed by atoms with van der Waals surface area (Å²) in [5, 5.41) is 43.9. The Bertz CT molecular complexity index is 852. The fourth-order valence-corrected chi connectivity index (χ4v) is 8.52. The quantitative estimate of drug-likeness (QED) is 0.0310. The van der Waals surface area contributed by atoms with Crippen molar-refractivity contribution in [2.45, 2.75) is 314 Å². The first kappa shape index (κ1) is 58.0. The van der Waals surface area contributed by atoms with E-state index in [1.807, 2.05) is 0 Å². The third-order valence-electron chi connectivity index (χ3n) is 12.7. The van der Waals surface area contributed by atoms with E-state index in [2.05, 4.69) is 31.3 Å². The van der Waals surface area contributed by atoms with Gasteiger partial charge in [0.05, 0.1) is 18.8 Å². The van der Waals surface area contributed by atoms with Crippen molar-refractivity contribution in [2.75, 3.05) is 6.61 Å². The van der Waals surface area contributed by atoms with E-state index in [0.29, 0.717) is 12.8 Å². The van der Waals surface area contributed by atoms with Gasteiger partial charge in [0, 0.05) is 0 Å². The van der Waals surface area contributed by atoms with Crippen LogP contribution in [0.1, 0.15) is 290 Å². The molecule has 1 amide bonds. The first-order valence-electron chi connectivity index (χ1n) is 26.6. The number of rotatable bonds is 49. The Balaban J connectivity index is 3.65. The van der Waals surface area contributed by atoms with Gasteiger partial charge in [-0.2, -0.15) is 0 Å². The van der Waals surface area contributed by atoms with E-state index in [1.54, 1.807) is 0 Å². The number of hydrogen-bond donors (Lipinski definition) is 5. The van der Waals surface area contributed by atoms with Crippen LogP contribution in [0.5, 0.6) is 0 Å². The Hall–Kier alpha value is -0.950. The van der Waals surface area contributed by atoms with Crippen molar-refractivity contribution in [3.63, 3.8) is 0 Å². The molecule has 0 saturated heterocycles. The number of aliphatic hydroxyl groups excluding tert-OH is 4. The van der Waals surface area contributed by atoms with Crippen LogP contribution in [0.4, 0.5) is 0 Å². The topological polar surface area (TPSA) is 110 Å². The molecule has 6 heteroatoms. The van der Waals surface area contributed by atoms with Crippen LogP contribution >= 0.6 is 0 Å². The van der Waals surface area contributed by atoms with Gasteiger partial charge < -0.3 is 25.7 Å². The zero-order valence-electron chi connectivity index (χ0n) is 39.8. The molecule has 0 spiro atoms. The summed E-state index contributed by atoms with van der Waals surface area (Å²) in [5.41, 5.74) is 0. The molecule has 0 saturated carbocycles. The van der Waals surface area contributed by atoms with Crippen molar-refractivity contribution in [1.29, 1.82) is 0 Å². The van der Waals surface area contributed by atoms with Crippen molar-refractivity contribution in [1.82, 2.24) is 5.32 Å². The second-order valence-electron chi connectivity index (χ2n) is 18.6. The number of allylic oxidation sites excluding steroid dienone is 2. The summed E-state index contributed by atoms with van der Waals surface area (Å²) in [7, 11) is 0. The number of amides is 1. The van der Waals surface area contributed by atoms with Gasteiger partial charge in [0.15, 0.2) is 0 Å². The number of nitrogens with one attached hydrogen (secondary N) is 1. The maximum atomic E-state index is 12.6. The average molecular weight is 836 g/mol.